The van der Waals surface area contributed by atoms with Crippen molar-refractivity contribution in [3.63, 3.8) is 0 Å². The fourth-order valence-corrected chi connectivity index (χ4v) is 3.00. The molecule has 2 aliphatic carbocycles. The van der Waals surface area contributed by atoms with Crippen molar-refractivity contribution in [2.45, 2.75) is 45.4 Å². The number of nitrogens with one attached hydrogen (secondary N) is 2. The van der Waals surface area contributed by atoms with E-state index in [4.69, 9.17) is 5.11 Å². The summed E-state index contributed by atoms with van der Waals surface area (Å²) in [5.41, 5.74) is 0. The molecule has 0 aromatic heterocycles. The highest BCUT2D eigenvalue weighted by atomic mass is 16.4. The van der Waals surface area contributed by atoms with Crippen molar-refractivity contribution in [3.8, 4) is 0 Å². The molecule has 2 amide bonds. The Hall–Kier alpha value is -1.26. The molecule has 5 nitrogen and oxygen atoms in total. The Balaban J connectivity index is 1.56. The molecule has 0 aromatic carbocycles. The lowest BCUT2D eigenvalue weighted by molar-refractivity contribution is -0.143. The average Bonchev–Trinajstić information content (AvgIpc) is 3.27. The van der Waals surface area contributed by atoms with E-state index in [0.29, 0.717) is 18.4 Å². The number of amides is 2. The highest BCUT2D eigenvalue weighted by Crippen LogP contribution is 2.36. The number of urea groups is 1. The van der Waals surface area contributed by atoms with Gasteiger partial charge >= 0.3 is 12.0 Å². The van der Waals surface area contributed by atoms with E-state index in [1.54, 1.807) is 0 Å². The number of carbonyl (C=O) groups excluding carboxylic acids is 1. The molecular formula is C15H26N2O3. The summed E-state index contributed by atoms with van der Waals surface area (Å²) in [4.78, 5) is 22.5. The van der Waals surface area contributed by atoms with Gasteiger partial charge in [-0.25, -0.2) is 4.79 Å². The molecule has 1 atom stereocenters. The quantitative estimate of drug-likeness (QED) is 0.699. The summed E-state index contributed by atoms with van der Waals surface area (Å²) in [6.07, 6.45) is 5.88. The van der Waals surface area contributed by atoms with Gasteiger partial charge in [-0.3, -0.25) is 4.79 Å². The summed E-state index contributed by atoms with van der Waals surface area (Å²) in [5, 5.41) is 14.8. The topological polar surface area (TPSA) is 78.4 Å². The summed E-state index contributed by atoms with van der Waals surface area (Å²) in [6.45, 7) is 3.60. The third kappa shape index (κ3) is 4.69. The lowest BCUT2D eigenvalue weighted by atomic mass is 9.82. The largest absolute Gasteiger partial charge is 0.481 e. The number of hydrogen-bond acceptors (Lipinski definition) is 2. The van der Waals surface area contributed by atoms with Crippen LogP contribution in [0.15, 0.2) is 0 Å². The normalized spacial score (nSPS) is 27.6. The van der Waals surface area contributed by atoms with Crippen LogP contribution in [0, 0.1) is 23.7 Å². The molecule has 0 heterocycles. The number of carbonyl (C=O) groups is 2. The molecule has 0 bridgehead atoms. The lowest BCUT2D eigenvalue weighted by Gasteiger charge is -2.26. The molecule has 0 aliphatic heterocycles. The zero-order chi connectivity index (χ0) is 14.5. The van der Waals surface area contributed by atoms with E-state index in [1.807, 2.05) is 0 Å². The van der Waals surface area contributed by atoms with Crippen LogP contribution in [0.5, 0.6) is 0 Å². The maximum absolute atomic E-state index is 11.7. The molecule has 2 saturated carbocycles. The van der Waals surface area contributed by atoms with Gasteiger partial charge in [-0.1, -0.05) is 6.92 Å². The molecule has 20 heavy (non-hydrogen) atoms. The van der Waals surface area contributed by atoms with Crippen molar-refractivity contribution < 1.29 is 14.7 Å². The molecule has 5 heteroatoms. The molecular weight excluding hydrogens is 256 g/mol. The van der Waals surface area contributed by atoms with Crippen molar-refractivity contribution in [2.24, 2.45) is 23.7 Å². The predicted octanol–water partition coefficient (Wildman–Crippen LogP) is 2.22. The predicted molar refractivity (Wildman–Crippen MR) is 76.4 cm³/mol. The first-order chi connectivity index (χ1) is 9.56. The van der Waals surface area contributed by atoms with Crippen molar-refractivity contribution in [1.29, 1.82) is 0 Å². The second-order valence-corrected chi connectivity index (χ2v) is 6.46. The number of carboxylic acid groups (broad SMARTS) is 1. The standard InChI is InChI=1S/C15H26N2O3/c1-10(12-6-7-12)8-16-15(20)17-9-11-2-4-13(5-3-11)14(18)19/h10-13H,2-9H2,1H3,(H,18,19)(H2,16,17,20). The van der Waals surface area contributed by atoms with Gasteiger partial charge in [0, 0.05) is 13.1 Å². The molecule has 2 fully saturated rings. The summed E-state index contributed by atoms with van der Waals surface area (Å²) < 4.78 is 0. The van der Waals surface area contributed by atoms with Gasteiger partial charge in [-0.2, -0.15) is 0 Å². The van der Waals surface area contributed by atoms with Crippen LogP contribution >= 0.6 is 0 Å². The Morgan fingerprint density at radius 2 is 1.75 bits per heavy atom. The number of carboxylic acids is 1. The Bertz CT molecular complexity index is 347. The zero-order valence-corrected chi connectivity index (χ0v) is 12.2. The van der Waals surface area contributed by atoms with Crippen LogP contribution in [0.4, 0.5) is 4.79 Å². The molecule has 114 valence electrons. The van der Waals surface area contributed by atoms with Crippen molar-refractivity contribution in [2.75, 3.05) is 13.1 Å². The highest BCUT2D eigenvalue weighted by molar-refractivity contribution is 5.73. The fraction of sp³-hybridized carbons (Fsp3) is 0.867. The van der Waals surface area contributed by atoms with Gasteiger partial charge in [0.2, 0.25) is 0 Å². The smallest absolute Gasteiger partial charge is 0.314 e. The van der Waals surface area contributed by atoms with Gasteiger partial charge in [0.15, 0.2) is 0 Å². The van der Waals surface area contributed by atoms with E-state index in [2.05, 4.69) is 17.6 Å². The Morgan fingerprint density at radius 1 is 1.10 bits per heavy atom. The van der Waals surface area contributed by atoms with Crippen LogP contribution in [0.25, 0.3) is 0 Å². The third-order valence-corrected chi connectivity index (χ3v) is 4.76. The van der Waals surface area contributed by atoms with Gasteiger partial charge in [-0.15, -0.1) is 0 Å². The molecule has 0 saturated heterocycles. The molecule has 0 radical (unpaired) electrons. The average molecular weight is 282 g/mol. The van der Waals surface area contributed by atoms with Crippen LogP contribution in [0.1, 0.15) is 45.4 Å². The Kier molecular flexibility index (Phi) is 5.26. The second-order valence-electron chi connectivity index (χ2n) is 6.46. The maximum Gasteiger partial charge on any atom is 0.314 e. The van der Waals surface area contributed by atoms with E-state index in [9.17, 15) is 9.59 Å². The van der Waals surface area contributed by atoms with Crippen LogP contribution in [0.3, 0.4) is 0 Å². The first-order valence-corrected chi connectivity index (χ1v) is 7.80. The van der Waals surface area contributed by atoms with Gasteiger partial charge < -0.3 is 15.7 Å². The van der Waals surface area contributed by atoms with Crippen molar-refractivity contribution in [3.05, 3.63) is 0 Å². The summed E-state index contributed by atoms with van der Waals surface area (Å²) in [7, 11) is 0. The van der Waals surface area contributed by atoms with Crippen LogP contribution < -0.4 is 10.6 Å². The summed E-state index contributed by atoms with van der Waals surface area (Å²) in [5.74, 6) is 0.952. The molecule has 0 aromatic rings. The second kappa shape index (κ2) is 6.95. The molecule has 2 aliphatic rings. The first-order valence-electron chi connectivity index (χ1n) is 7.80. The SMILES string of the molecule is CC(CNC(=O)NCC1CCC(C(=O)O)CC1)C1CC1. The monoisotopic (exact) mass is 282 g/mol. The molecule has 3 N–H and O–H groups in total. The van der Waals surface area contributed by atoms with Crippen molar-refractivity contribution >= 4 is 12.0 Å². The minimum Gasteiger partial charge on any atom is -0.481 e. The number of hydrogen-bond donors (Lipinski definition) is 3. The maximum atomic E-state index is 11.7. The van der Waals surface area contributed by atoms with Gasteiger partial charge in [0.1, 0.15) is 0 Å². The number of rotatable bonds is 6. The number of aliphatic carboxylic acids is 1. The summed E-state index contributed by atoms with van der Waals surface area (Å²) >= 11 is 0. The van der Waals surface area contributed by atoms with Gasteiger partial charge in [-0.05, 0) is 56.3 Å². The molecule has 0 spiro atoms. The van der Waals surface area contributed by atoms with E-state index in [0.717, 1.165) is 38.1 Å². The minimum absolute atomic E-state index is 0.0853. The fourth-order valence-electron chi connectivity index (χ4n) is 3.00. The highest BCUT2D eigenvalue weighted by Gasteiger charge is 2.28. The molecule has 1 unspecified atom stereocenters. The Morgan fingerprint density at radius 3 is 2.30 bits per heavy atom. The zero-order valence-electron chi connectivity index (χ0n) is 12.2. The van der Waals surface area contributed by atoms with Gasteiger partial charge in [0.25, 0.3) is 0 Å². The van der Waals surface area contributed by atoms with Crippen molar-refractivity contribution in [1.82, 2.24) is 10.6 Å². The van der Waals surface area contributed by atoms with Crippen LogP contribution in [0.2, 0.25) is 0 Å². The molecule has 2 rings (SSSR count). The Labute approximate surface area is 120 Å². The van der Waals surface area contributed by atoms with Crippen LogP contribution in [-0.4, -0.2) is 30.2 Å². The van der Waals surface area contributed by atoms with E-state index in [1.165, 1.54) is 12.8 Å². The minimum atomic E-state index is -0.678. The van der Waals surface area contributed by atoms with E-state index < -0.39 is 5.97 Å². The van der Waals surface area contributed by atoms with E-state index >= 15 is 0 Å². The first kappa shape index (κ1) is 15.1. The van der Waals surface area contributed by atoms with Gasteiger partial charge in [0.05, 0.1) is 5.92 Å². The lowest BCUT2D eigenvalue weighted by Crippen LogP contribution is -2.41. The summed E-state index contributed by atoms with van der Waals surface area (Å²) in [6, 6.07) is -0.0853. The third-order valence-electron chi connectivity index (χ3n) is 4.76. The van der Waals surface area contributed by atoms with Crippen LogP contribution in [-0.2, 0) is 4.79 Å². The van der Waals surface area contributed by atoms with E-state index in [-0.39, 0.29) is 11.9 Å².